The van der Waals surface area contributed by atoms with E-state index in [1.54, 1.807) is 13.1 Å². The highest BCUT2D eigenvalue weighted by molar-refractivity contribution is 5.34. The lowest BCUT2D eigenvalue weighted by Gasteiger charge is -2.04. The molecule has 17 heavy (non-hydrogen) atoms. The lowest BCUT2D eigenvalue weighted by molar-refractivity contribution is 0.318. The summed E-state index contributed by atoms with van der Waals surface area (Å²) in [6.45, 7) is 2.75. The number of hydrogen-bond donors (Lipinski definition) is 2. The van der Waals surface area contributed by atoms with Crippen LogP contribution < -0.4 is 5.32 Å². The molecule has 2 aromatic rings. The highest BCUT2D eigenvalue weighted by atomic mass is 16.2. The molecule has 0 radical (unpaired) electrons. The average molecular weight is 230 g/mol. The van der Waals surface area contributed by atoms with Crippen LogP contribution in [0.3, 0.4) is 0 Å². The third-order valence-electron chi connectivity index (χ3n) is 1.98. The third kappa shape index (κ3) is 5.68. The van der Waals surface area contributed by atoms with E-state index in [9.17, 15) is 0 Å². The van der Waals surface area contributed by atoms with Crippen molar-refractivity contribution < 1.29 is 5.11 Å². The number of aliphatic hydroxyl groups excluding tert-OH is 1. The van der Waals surface area contributed by atoms with Crippen LogP contribution in [0.15, 0.2) is 54.7 Å². The van der Waals surface area contributed by atoms with Gasteiger partial charge in [0.25, 0.3) is 0 Å². The minimum Gasteiger partial charge on any atom is -0.397 e. The van der Waals surface area contributed by atoms with Gasteiger partial charge in [-0.1, -0.05) is 36.4 Å². The molecular weight excluding hydrogens is 212 g/mol. The fraction of sp³-hybridized carbons (Fsp3) is 0.214. The number of anilines is 1. The summed E-state index contributed by atoms with van der Waals surface area (Å²) in [6.07, 6.45) is 1.79. The minimum atomic E-state index is 0.250. The molecule has 0 atom stereocenters. The summed E-state index contributed by atoms with van der Waals surface area (Å²) in [6, 6.07) is 16.1. The first-order valence-corrected chi connectivity index (χ1v) is 5.66. The highest BCUT2D eigenvalue weighted by Crippen LogP contribution is 2.04. The fourth-order valence-corrected chi connectivity index (χ4v) is 1.26. The summed E-state index contributed by atoms with van der Waals surface area (Å²) in [4.78, 5) is 4.18. The van der Waals surface area contributed by atoms with Crippen LogP contribution in [0.5, 0.6) is 0 Å². The maximum absolute atomic E-state index is 7.57. The number of nitrogens with zero attached hydrogens (tertiary/aromatic N) is 1. The highest BCUT2D eigenvalue weighted by Gasteiger charge is 1.91. The molecule has 0 aliphatic rings. The van der Waals surface area contributed by atoms with Crippen molar-refractivity contribution in [3.05, 3.63) is 60.3 Å². The van der Waals surface area contributed by atoms with Crippen molar-refractivity contribution in [2.24, 2.45) is 0 Å². The van der Waals surface area contributed by atoms with E-state index in [0.29, 0.717) is 0 Å². The molecule has 1 heterocycles. The normalized spacial score (nSPS) is 9.06. The number of pyridine rings is 1. The molecule has 2 rings (SSSR count). The van der Waals surface area contributed by atoms with E-state index in [2.05, 4.69) is 22.4 Å². The Bertz CT molecular complexity index is 350. The van der Waals surface area contributed by atoms with Gasteiger partial charge in [0.05, 0.1) is 0 Å². The molecule has 1 aromatic carbocycles. The van der Waals surface area contributed by atoms with Gasteiger partial charge < -0.3 is 10.4 Å². The Labute approximate surface area is 102 Å². The van der Waals surface area contributed by atoms with Crippen LogP contribution in [0.1, 0.15) is 12.5 Å². The van der Waals surface area contributed by atoms with Crippen LogP contribution >= 0.6 is 0 Å². The van der Waals surface area contributed by atoms with Gasteiger partial charge >= 0.3 is 0 Å². The van der Waals surface area contributed by atoms with Crippen molar-refractivity contribution >= 4 is 5.82 Å². The smallest absolute Gasteiger partial charge is 0.126 e. The van der Waals surface area contributed by atoms with Crippen molar-refractivity contribution in [3.63, 3.8) is 0 Å². The van der Waals surface area contributed by atoms with Crippen LogP contribution in [-0.4, -0.2) is 16.7 Å². The zero-order valence-corrected chi connectivity index (χ0v) is 10.0. The van der Waals surface area contributed by atoms with Gasteiger partial charge in [-0.3, -0.25) is 0 Å². The quantitative estimate of drug-likeness (QED) is 0.852. The number of aliphatic hydroxyl groups is 1. The molecule has 3 nitrogen and oxygen atoms in total. The Balaban J connectivity index is 0.000000437. The molecule has 1 aromatic heterocycles. The van der Waals surface area contributed by atoms with Crippen LogP contribution in [-0.2, 0) is 6.54 Å². The molecule has 0 spiro atoms. The second-order valence-corrected chi connectivity index (χ2v) is 3.37. The van der Waals surface area contributed by atoms with Gasteiger partial charge in [0, 0.05) is 19.3 Å². The van der Waals surface area contributed by atoms with E-state index >= 15 is 0 Å². The SMILES string of the molecule is CCO.c1ccc(CNc2ccccn2)cc1. The van der Waals surface area contributed by atoms with Crippen molar-refractivity contribution in [3.8, 4) is 0 Å². The maximum Gasteiger partial charge on any atom is 0.126 e. The van der Waals surface area contributed by atoms with E-state index in [4.69, 9.17) is 5.11 Å². The van der Waals surface area contributed by atoms with Gasteiger partial charge in [0.15, 0.2) is 0 Å². The van der Waals surface area contributed by atoms with E-state index < -0.39 is 0 Å². The summed E-state index contributed by atoms with van der Waals surface area (Å²) < 4.78 is 0. The van der Waals surface area contributed by atoms with E-state index in [0.717, 1.165) is 12.4 Å². The van der Waals surface area contributed by atoms with Gasteiger partial charge in [0.2, 0.25) is 0 Å². The molecule has 0 amide bonds. The topological polar surface area (TPSA) is 45.1 Å². The van der Waals surface area contributed by atoms with Crippen LogP contribution in [0.25, 0.3) is 0 Å². The molecule has 0 aliphatic heterocycles. The predicted octanol–water partition coefficient (Wildman–Crippen LogP) is 2.69. The largest absolute Gasteiger partial charge is 0.397 e. The lowest BCUT2D eigenvalue weighted by atomic mass is 10.2. The second-order valence-electron chi connectivity index (χ2n) is 3.37. The number of hydrogen-bond acceptors (Lipinski definition) is 3. The van der Waals surface area contributed by atoms with Gasteiger partial charge in [0.1, 0.15) is 5.82 Å². The monoisotopic (exact) mass is 230 g/mol. The van der Waals surface area contributed by atoms with Crippen LogP contribution in [0, 0.1) is 0 Å². The van der Waals surface area contributed by atoms with Crippen LogP contribution in [0.2, 0.25) is 0 Å². The maximum atomic E-state index is 7.57. The number of aromatic nitrogens is 1. The van der Waals surface area contributed by atoms with Crippen LogP contribution in [0.4, 0.5) is 5.82 Å². The molecule has 0 unspecified atom stereocenters. The third-order valence-corrected chi connectivity index (χ3v) is 1.98. The first-order valence-electron chi connectivity index (χ1n) is 5.66. The molecular formula is C14H18N2O. The molecule has 90 valence electrons. The van der Waals surface area contributed by atoms with E-state index in [1.165, 1.54) is 5.56 Å². The molecule has 0 fully saturated rings. The zero-order chi connectivity index (χ0) is 12.3. The first-order chi connectivity index (χ1) is 8.36. The number of benzene rings is 1. The van der Waals surface area contributed by atoms with Gasteiger partial charge in [-0.05, 0) is 24.6 Å². The Morgan fingerprint density at radius 1 is 1.06 bits per heavy atom. The zero-order valence-electron chi connectivity index (χ0n) is 10.0. The molecule has 0 aliphatic carbocycles. The standard InChI is InChI=1S/C12H12N2.C2H6O/c1-2-6-11(7-3-1)10-14-12-8-4-5-9-13-12;1-2-3/h1-9H,10H2,(H,13,14);3H,2H2,1H3. The first kappa shape index (κ1) is 13.2. The molecule has 0 saturated carbocycles. The summed E-state index contributed by atoms with van der Waals surface area (Å²) in [5.41, 5.74) is 1.26. The van der Waals surface area contributed by atoms with E-state index in [1.807, 2.05) is 36.4 Å². The fourth-order valence-electron chi connectivity index (χ4n) is 1.26. The Kier molecular flexibility index (Phi) is 6.44. The molecule has 0 saturated heterocycles. The van der Waals surface area contributed by atoms with Gasteiger partial charge in [-0.25, -0.2) is 4.98 Å². The van der Waals surface area contributed by atoms with Crippen molar-refractivity contribution in [1.29, 1.82) is 0 Å². The molecule has 2 N–H and O–H groups in total. The van der Waals surface area contributed by atoms with Gasteiger partial charge in [-0.2, -0.15) is 0 Å². The van der Waals surface area contributed by atoms with E-state index in [-0.39, 0.29) is 6.61 Å². The van der Waals surface area contributed by atoms with Gasteiger partial charge in [-0.15, -0.1) is 0 Å². The Morgan fingerprint density at radius 2 is 1.71 bits per heavy atom. The Hall–Kier alpha value is -1.87. The average Bonchev–Trinajstić information content (AvgIpc) is 2.40. The summed E-state index contributed by atoms with van der Waals surface area (Å²) in [7, 11) is 0. The molecule has 0 bridgehead atoms. The number of nitrogens with one attached hydrogen (secondary N) is 1. The minimum absolute atomic E-state index is 0.250. The summed E-state index contributed by atoms with van der Waals surface area (Å²) in [5, 5.41) is 10.8. The number of rotatable bonds is 3. The van der Waals surface area contributed by atoms with Crippen molar-refractivity contribution in [1.82, 2.24) is 4.98 Å². The lowest BCUT2D eigenvalue weighted by Crippen LogP contribution is -2.00. The Morgan fingerprint density at radius 3 is 2.29 bits per heavy atom. The second kappa shape index (κ2) is 8.30. The van der Waals surface area contributed by atoms with Crippen molar-refractivity contribution in [2.45, 2.75) is 13.5 Å². The summed E-state index contributed by atoms with van der Waals surface area (Å²) in [5.74, 6) is 0.913. The van der Waals surface area contributed by atoms with Crippen molar-refractivity contribution in [2.75, 3.05) is 11.9 Å². The molecule has 3 heteroatoms. The predicted molar refractivity (Wildman–Crippen MR) is 70.8 cm³/mol. The summed E-state index contributed by atoms with van der Waals surface area (Å²) >= 11 is 0.